The Morgan fingerprint density at radius 1 is 1.32 bits per heavy atom. The number of carbonyl (C=O) groups is 1. The molecule has 0 saturated heterocycles. The number of nitrogens with two attached hydrogens (primary N) is 1. The smallest absolute Gasteiger partial charge is 0.251 e. The summed E-state index contributed by atoms with van der Waals surface area (Å²) in [5, 5.41) is 14.0. The van der Waals surface area contributed by atoms with Gasteiger partial charge in [0.1, 0.15) is 0 Å². The van der Waals surface area contributed by atoms with Crippen LogP contribution in [-0.2, 0) is 5.41 Å². The number of nitrogens with zero attached hydrogens (tertiary/aromatic N) is 1. The Kier molecular flexibility index (Phi) is 4.53. The highest BCUT2D eigenvalue weighted by molar-refractivity contribution is 5.98. The lowest BCUT2D eigenvalue weighted by Gasteiger charge is -2.19. The fourth-order valence-electron chi connectivity index (χ4n) is 1.56. The minimum absolute atomic E-state index is 0.0281. The molecular weight excluding hydrogens is 242 g/mol. The summed E-state index contributed by atoms with van der Waals surface area (Å²) in [4.78, 5) is 11.9. The van der Waals surface area contributed by atoms with E-state index in [9.17, 15) is 4.79 Å². The first-order valence-corrected chi connectivity index (χ1v) is 6.14. The minimum atomic E-state index is -0.514. The van der Waals surface area contributed by atoms with Crippen molar-refractivity contribution in [2.75, 3.05) is 0 Å². The lowest BCUT2D eigenvalue weighted by atomic mass is 9.86. The van der Waals surface area contributed by atoms with Crippen molar-refractivity contribution in [2.24, 2.45) is 10.9 Å². The van der Waals surface area contributed by atoms with Gasteiger partial charge in [0, 0.05) is 5.56 Å². The van der Waals surface area contributed by atoms with Gasteiger partial charge in [-0.2, -0.15) is 0 Å². The number of amides is 1. The zero-order valence-electron chi connectivity index (χ0n) is 11.8. The van der Waals surface area contributed by atoms with Gasteiger partial charge in [0.15, 0.2) is 5.84 Å². The molecule has 5 nitrogen and oxygen atoms in total. The van der Waals surface area contributed by atoms with E-state index >= 15 is 0 Å². The maximum atomic E-state index is 11.9. The van der Waals surface area contributed by atoms with Gasteiger partial charge in [-0.3, -0.25) is 4.79 Å². The Hall–Kier alpha value is -2.04. The van der Waals surface area contributed by atoms with Gasteiger partial charge < -0.3 is 16.3 Å². The standard InChI is InChI=1S/C14H21N3O2/c1-9(12(15)17-19)16-13(18)10-5-7-11(8-6-10)14(2,3)4/h5-9,19H,1-4H3,(H2,15,17)(H,16,18). The quantitative estimate of drug-likeness (QED) is 0.336. The normalized spacial score (nSPS) is 14.0. The van der Waals surface area contributed by atoms with Gasteiger partial charge in [0.05, 0.1) is 6.04 Å². The van der Waals surface area contributed by atoms with Crippen LogP contribution in [0.3, 0.4) is 0 Å². The Labute approximate surface area is 113 Å². The van der Waals surface area contributed by atoms with Crippen molar-refractivity contribution >= 4 is 11.7 Å². The highest BCUT2D eigenvalue weighted by Gasteiger charge is 2.16. The van der Waals surface area contributed by atoms with Crippen LogP contribution in [0.15, 0.2) is 29.4 Å². The topological polar surface area (TPSA) is 87.7 Å². The van der Waals surface area contributed by atoms with E-state index in [1.165, 1.54) is 0 Å². The summed E-state index contributed by atoms with van der Waals surface area (Å²) in [5.41, 5.74) is 7.17. The molecule has 0 bridgehead atoms. The third kappa shape index (κ3) is 3.98. The molecule has 0 saturated carbocycles. The molecule has 0 aliphatic heterocycles. The summed E-state index contributed by atoms with van der Waals surface area (Å²) in [6.45, 7) is 7.99. The van der Waals surface area contributed by atoms with Crippen molar-refractivity contribution in [3.8, 4) is 0 Å². The van der Waals surface area contributed by atoms with Crippen LogP contribution in [0.2, 0.25) is 0 Å². The Balaban J connectivity index is 2.79. The van der Waals surface area contributed by atoms with Gasteiger partial charge in [-0.15, -0.1) is 0 Å². The molecule has 1 aromatic carbocycles. The van der Waals surface area contributed by atoms with E-state index in [1.54, 1.807) is 19.1 Å². The van der Waals surface area contributed by atoms with E-state index in [0.29, 0.717) is 5.56 Å². The molecule has 0 fully saturated rings. The minimum Gasteiger partial charge on any atom is -0.409 e. The monoisotopic (exact) mass is 263 g/mol. The molecule has 19 heavy (non-hydrogen) atoms. The first-order chi connectivity index (χ1) is 8.75. The average Bonchev–Trinajstić information content (AvgIpc) is 2.36. The highest BCUT2D eigenvalue weighted by atomic mass is 16.4. The molecule has 1 aromatic rings. The molecule has 0 radical (unpaired) electrons. The van der Waals surface area contributed by atoms with Crippen LogP contribution >= 0.6 is 0 Å². The van der Waals surface area contributed by atoms with Crippen LogP contribution < -0.4 is 11.1 Å². The molecule has 104 valence electrons. The second-order valence-electron chi connectivity index (χ2n) is 5.55. The van der Waals surface area contributed by atoms with Gasteiger partial charge >= 0.3 is 0 Å². The SMILES string of the molecule is CC(NC(=O)c1ccc(C(C)(C)C)cc1)/C(N)=N/O. The molecule has 0 aromatic heterocycles. The lowest BCUT2D eigenvalue weighted by molar-refractivity contribution is 0.0948. The van der Waals surface area contributed by atoms with Gasteiger partial charge in [-0.25, -0.2) is 0 Å². The molecule has 1 atom stereocenters. The number of benzene rings is 1. The van der Waals surface area contributed by atoms with Gasteiger partial charge in [-0.05, 0) is 30.0 Å². The fourth-order valence-corrected chi connectivity index (χ4v) is 1.56. The molecule has 0 heterocycles. The van der Waals surface area contributed by atoms with Crippen molar-refractivity contribution in [3.05, 3.63) is 35.4 Å². The maximum Gasteiger partial charge on any atom is 0.251 e. The lowest BCUT2D eigenvalue weighted by Crippen LogP contribution is -2.42. The van der Waals surface area contributed by atoms with Crippen LogP contribution in [0.5, 0.6) is 0 Å². The molecule has 1 unspecified atom stereocenters. The molecule has 1 amide bonds. The molecule has 0 spiro atoms. The molecule has 0 aliphatic carbocycles. The highest BCUT2D eigenvalue weighted by Crippen LogP contribution is 2.22. The molecule has 4 N–H and O–H groups in total. The van der Waals surface area contributed by atoms with Crippen LogP contribution in [0.1, 0.15) is 43.6 Å². The molecular formula is C14H21N3O2. The van der Waals surface area contributed by atoms with Crippen LogP contribution in [-0.4, -0.2) is 23.0 Å². The Morgan fingerprint density at radius 2 is 1.84 bits per heavy atom. The molecule has 0 aliphatic rings. The summed E-state index contributed by atoms with van der Waals surface area (Å²) in [7, 11) is 0. The number of carbonyl (C=O) groups excluding carboxylic acids is 1. The first kappa shape index (κ1) is 15.0. The Morgan fingerprint density at radius 3 is 2.26 bits per heavy atom. The van der Waals surface area contributed by atoms with E-state index in [2.05, 4.69) is 31.2 Å². The number of hydrogen-bond donors (Lipinski definition) is 3. The van der Waals surface area contributed by atoms with E-state index in [0.717, 1.165) is 5.56 Å². The summed E-state index contributed by atoms with van der Waals surface area (Å²) in [6, 6.07) is 6.90. The van der Waals surface area contributed by atoms with E-state index in [-0.39, 0.29) is 17.2 Å². The molecule has 1 rings (SSSR count). The zero-order chi connectivity index (χ0) is 14.6. The van der Waals surface area contributed by atoms with Crippen molar-refractivity contribution < 1.29 is 10.0 Å². The number of oxime groups is 1. The first-order valence-electron chi connectivity index (χ1n) is 6.14. The van der Waals surface area contributed by atoms with E-state index in [1.807, 2.05) is 12.1 Å². The van der Waals surface area contributed by atoms with Gasteiger partial charge in [0.25, 0.3) is 5.91 Å². The van der Waals surface area contributed by atoms with E-state index in [4.69, 9.17) is 10.9 Å². The zero-order valence-corrected chi connectivity index (χ0v) is 11.8. The summed E-state index contributed by atoms with van der Waals surface area (Å²) in [6.07, 6.45) is 0. The second kappa shape index (κ2) is 5.73. The summed E-state index contributed by atoms with van der Waals surface area (Å²) in [5.74, 6) is -0.278. The predicted molar refractivity (Wildman–Crippen MR) is 75.5 cm³/mol. The number of amidine groups is 1. The van der Waals surface area contributed by atoms with Crippen LogP contribution in [0.4, 0.5) is 0 Å². The fraction of sp³-hybridized carbons (Fsp3) is 0.429. The Bertz CT molecular complexity index is 472. The predicted octanol–water partition coefficient (Wildman–Crippen LogP) is 1.85. The number of nitrogens with one attached hydrogen (secondary N) is 1. The summed E-state index contributed by atoms with van der Waals surface area (Å²) < 4.78 is 0. The van der Waals surface area contributed by atoms with Crippen molar-refractivity contribution in [1.82, 2.24) is 5.32 Å². The van der Waals surface area contributed by atoms with Crippen molar-refractivity contribution in [3.63, 3.8) is 0 Å². The van der Waals surface area contributed by atoms with Gasteiger partial charge in [0.2, 0.25) is 0 Å². The van der Waals surface area contributed by atoms with Gasteiger partial charge in [-0.1, -0.05) is 38.1 Å². The van der Waals surface area contributed by atoms with E-state index < -0.39 is 6.04 Å². The number of hydrogen-bond acceptors (Lipinski definition) is 3. The number of rotatable bonds is 3. The summed E-state index contributed by atoms with van der Waals surface area (Å²) >= 11 is 0. The van der Waals surface area contributed by atoms with Crippen molar-refractivity contribution in [2.45, 2.75) is 39.2 Å². The van der Waals surface area contributed by atoms with Crippen LogP contribution in [0, 0.1) is 0 Å². The molecule has 5 heteroatoms. The third-order valence-corrected chi connectivity index (χ3v) is 2.92. The second-order valence-corrected chi connectivity index (χ2v) is 5.55. The maximum absolute atomic E-state index is 11.9. The largest absolute Gasteiger partial charge is 0.409 e. The van der Waals surface area contributed by atoms with Crippen LogP contribution in [0.25, 0.3) is 0 Å². The third-order valence-electron chi connectivity index (χ3n) is 2.92. The van der Waals surface area contributed by atoms with Crippen molar-refractivity contribution in [1.29, 1.82) is 0 Å². The average molecular weight is 263 g/mol.